The summed E-state index contributed by atoms with van der Waals surface area (Å²) in [5, 5.41) is 0. The number of nitrogens with zero attached hydrogens (tertiary/aromatic N) is 1. The monoisotopic (exact) mass is 294 g/mol. The number of rotatable bonds is 2. The molecule has 0 radical (unpaired) electrons. The highest BCUT2D eigenvalue weighted by atomic mass is 15.2. The maximum atomic E-state index is 6.62. The topological polar surface area (TPSA) is 29.3 Å². The highest BCUT2D eigenvalue weighted by Gasteiger charge is 2.28. The van der Waals surface area contributed by atoms with Crippen LogP contribution in [-0.4, -0.2) is 30.1 Å². The first-order valence-electron chi connectivity index (χ1n) is 9.76. The Hall–Kier alpha value is -0.0800. The first kappa shape index (κ1) is 17.3. The van der Waals surface area contributed by atoms with Crippen molar-refractivity contribution in [2.24, 2.45) is 5.73 Å². The van der Waals surface area contributed by atoms with Gasteiger partial charge in [-0.25, -0.2) is 0 Å². The minimum atomic E-state index is 0.399. The lowest BCUT2D eigenvalue weighted by molar-refractivity contribution is 0.108. The molecule has 2 fully saturated rings. The largest absolute Gasteiger partial charge is 0.326 e. The van der Waals surface area contributed by atoms with Gasteiger partial charge in [-0.2, -0.15) is 0 Å². The lowest BCUT2D eigenvalue weighted by atomic mass is 9.89. The summed E-state index contributed by atoms with van der Waals surface area (Å²) in [7, 11) is 2.37. The van der Waals surface area contributed by atoms with Crippen LogP contribution in [-0.2, 0) is 0 Å². The molecule has 0 amide bonds. The van der Waals surface area contributed by atoms with Crippen LogP contribution < -0.4 is 5.73 Å². The van der Waals surface area contributed by atoms with Gasteiger partial charge >= 0.3 is 0 Å². The molecule has 0 spiro atoms. The molecular formula is C19H38N2. The average Bonchev–Trinajstić information content (AvgIpc) is 2.51. The van der Waals surface area contributed by atoms with E-state index in [4.69, 9.17) is 5.73 Å². The molecule has 0 saturated heterocycles. The Morgan fingerprint density at radius 2 is 1.05 bits per heavy atom. The summed E-state index contributed by atoms with van der Waals surface area (Å²) in [6, 6.07) is 1.84. The Balaban J connectivity index is 1.90. The molecule has 2 atom stereocenters. The number of likely N-dealkylation sites (N-methyl/N-ethyl adjacent to an activating group) is 1. The molecule has 2 unspecified atom stereocenters. The molecule has 2 rings (SSSR count). The van der Waals surface area contributed by atoms with E-state index in [-0.39, 0.29) is 0 Å². The van der Waals surface area contributed by atoms with Crippen molar-refractivity contribution in [3.63, 3.8) is 0 Å². The van der Waals surface area contributed by atoms with Gasteiger partial charge in [-0.15, -0.1) is 0 Å². The third-order valence-corrected chi connectivity index (χ3v) is 5.96. The van der Waals surface area contributed by atoms with Crippen molar-refractivity contribution in [2.75, 3.05) is 7.05 Å². The van der Waals surface area contributed by atoms with Crippen LogP contribution in [0.5, 0.6) is 0 Å². The van der Waals surface area contributed by atoms with Gasteiger partial charge in [0, 0.05) is 18.1 Å². The number of hydrogen-bond acceptors (Lipinski definition) is 2. The Morgan fingerprint density at radius 1 is 0.619 bits per heavy atom. The summed E-state index contributed by atoms with van der Waals surface area (Å²) >= 11 is 0. The highest BCUT2D eigenvalue weighted by molar-refractivity contribution is 4.86. The second-order valence-corrected chi connectivity index (χ2v) is 7.59. The average molecular weight is 295 g/mol. The van der Waals surface area contributed by atoms with Crippen LogP contribution in [0.1, 0.15) is 96.3 Å². The lowest BCUT2D eigenvalue weighted by Gasteiger charge is -2.40. The second kappa shape index (κ2) is 9.84. The third-order valence-electron chi connectivity index (χ3n) is 5.96. The van der Waals surface area contributed by atoms with Crippen molar-refractivity contribution in [2.45, 2.75) is 114 Å². The molecule has 21 heavy (non-hydrogen) atoms. The van der Waals surface area contributed by atoms with Crippen molar-refractivity contribution in [1.82, 2.24) is 4.90 Å². The Morgan fingerprint density at radius 3 is 1.67 bits per heavy atom. The van der Waals surface area contributed by atoms with Gasteiger partial charge < -0.3 is 5.73 Å². The summed E-state index contributed by atoms with van der Waals surface area (Å²) < 4.78 is 0. The van der Waals surface area contributed by atoms with Gasteiger partial charge in [-0.1, -0.05) is 70.6 Å². The molecule has 0 aromatic rings. The van der Waals surface area contributed by atoms with Gasteiger partial charge in [-0.05, 0) is 32.7 Å². The van der Waals surface area contributed by atoms with Crippen molar-refractivity contribution >= 4 is 0 Å². The minimum absolute atomic E-state index is 0.399. The van der Waals surface area contributed by atoms with Crippen LogP contribution in [0.25, 0.3) is 0 Å². The first-order chi connectivity index (χ1) is 10.3. The summed E-state index contributed by atoms with van der Waals surface area (Å²) in [6.45, 7) is 0. The van der Waals surface area contributed by atoms with Gasteiger partial charge in [0.1, 0.15) is 0 Å². The van der Waals surface area contributed by atoms with Crippen LogP contribution >= 0.6 is 0 Å². The fraction of sp³-hybridized carbons (Fsp3) is 1.00. The van der Waals surface area contributed by atoms with Crippen molar-refractivity contribution in [1.29, 1.82) is 0 Å². The number of nitrogens with two attached hydrogens (primary N) is 1. The zero-order valence-corrected chi connectivity index (χ0v) is 14.4. The predicted molar refractivity (Wildman–Crippen MR) is 92.6 cm³/mol. The minimum Gasteiger partial charge on any atom is -0.326 e. The lowest BCUT2D eigenvalue weighted by Crippen LogP contribution is -2.50. The van der Waals surface area contributed by atoms with Crippen molar-refractivity contribution in [3.8, 4) is 0 Å². The molecule has 124 valence electrons. The molecule has 2 N–H and O–H groups in total. The molecule has 2 saturated carbocycles. The zero-order valence-electron chi connectivity index (χ0n) is 14.4. The van der Waals surface area contributed by atoms with E-state index in [9.17, 15) is 0 Å². The molecule has 2 aliphatic rings. The van der Waals surface area contributed by atoms with E-state index in [0.717, 1.165) is 6.04 Å². The van der Waals surface area contributed by atoms with Gasteiger partial charge in [-0.3, -0.25) is 4.90 Å². The van der Waals surface area contributed by atoms with E-state index < -0.39 is 0 Å². The second-order valence-electron chi connectivity index (χ2n) is 7.59. The van der Waals surface area contributed by atoms with E-state index in [0.29, 0.717) is 12.1 Å². The van der Waals surface area contributed by atoms with Crippen LogP contribution in [0.15, 0.2) is 0 Å². The standard InChI is InChI=1S/C19H38N2/c1-21(17-13-9-8-10-14-17)19-16-12-7-5-3-2-4-6-11-15-18(19)20/h17-19H,2-16,20H2,1H3. The maximum absolute atomic E-state index is 6.62. The Labute approximate surface area is 132 Å². The van der Waals surface area contributed by atoms with Crippen molar-refractivity contribution in [3.05, 3.63) is 0 Å². The molecule has 0 bridgehead atoms. The fourth-order valence-corrected chi connectivity index (χ4v) is 4.47. The van der Waals surface area contributed by atoms with Crippen LogP contribution in [0.2, 0.25) is 0 Å². The van der Waals surface area contributed by atoms with Crippen LogP contribution in [0.3, 0.4) is 0 Å². The van der Waals surface area contributed by atoms with Gasteiger partial charge in [0.15, 0.2) is 0 Å². The molecule has 0 heterocycles. The zero-order chi connectivity index (χ0) is 14.9. The summed E-state index contributed by atoms with van der Waals surface area (Å²) in [5.74, 6) is 0. The molecular weight excluding hydrogens is 256 g/mol. The first-order valence-corrected chi connectivity index (χ1v) is 9.76. The normalized spacial score (nSPS) is 31.6. The summed E-state index contributed by atoms with van der Waals surface area (Å²) in [4.78, 5) is 2.69. The van der Waals surface area contributed by atoms with Gasteiger partial charge in [0.25, 0.3) is 0 Å². The predicted octanol–water partition coefficient (Wildman–Crippen LogP) is 4.86. The quantitative estimate of drug-likeness (QED) is 0.788. The van der Waals surface area contributed by atoms with Gasteiger partial charge in [0.05, 0.1) is 0 Å². The van der Waals surface area contributed by atoms with Crippen LogP contribution in [0, 0.1) is 0 Å². The summed E-state index contributed by atoms with van der Waals surface area (Å²) in [5.41, 5.74) is 6.62. The van der Waals surface area contributed by atoms with Crippen molar-refractivity contribution < 1.29 is 0 Å². The summed E-state index contributed by atoms with van der Waals surface area (Å²) in [6.07, 6.45) is 21.0. The Kier molecular flexibility index (Phi) is 8.10. The van der Waals surface area contributed by atoms with E-state index in [1.807, 2.05) is 0 Å². The maximum Gasteiger partial charge on any atom is 0.0247 e. The van der Waals surface area contributed by atoms with E-state index in [2.05, 4.69) is 11.9 Å². The molecule has 0 aromatic carbocycles. The molecule has 0 aromatic heterocycles. The van der Waals surface area contributed by atoms with Crippen LogP contribution in [0.4, 0.5) is 0 Å². The third kappa shape index (κ3) is 5.90. The molecule has 2 nitrogen and oxygen atoms in total. The Bertz CT molecular complexity index is 260. The fourth-order valence-electron chi connectivity index (χ4n) is 4.47. The van der Waals surface area contributed by atoms with E-state index >= 15 is 0 Å². The highest BCUT2D eigenvalue weighted by Crippen LogP contribution is 2.27. The smallest absolute Gasteiger partial charge is 0.0247 e. The van der Waals surface area contributed by atoms with E-state index in [1.165, 1.54) is 96.3 Å². The van der Waals surface area contributed by atoms with E-state index in [1.54, 1.807) is 0 Å². The molecule has 2 aliphatic carbocycles. The number of hydrogen-bond donors (Lipinski definition) is 1. The molecule has 2 heteroatoms. The van der Waals surface area contributed by atoms with Gasteiger partial charge in [0.2, 0.25) is 0 Å². The molecule has 0 aliphatic heterocycles. The SMILES string of the molecule is CN(C1CCCCC1)C1CCCCCCCCCCC1N.